The fraction of sp³-hybridized carbons (Fsp3) is 0.154. The lowest BCUT2D eigenvalue weighted by atomic mass is 10.1. The van der Waals surface area contributed by atoms with Gasteiger partial charge >= 0.3 is 0 Å². The molecule has 19 heavy (non-hydrogen) atoms. The Bertz CT molecular complexity index is 670. The average molecular weight is 278 g/mol. The molecule has 1 heterocycles. The van der Waals surface area contributed by atoms with E-state index in [0.29, 0.717) is 17.0 Å². The van der Waals surface area contributed by atoms with E-state index < -0.39 is 4.92 Å². The number of aryl methyl sites for hydroxylation is 1. The molecule has 0 radical (unpaired) electrons. The number of pyridine rings is 1. The van der Waals surface area contributed by atoms with E-state index in [1.807, 2.05) is 13.0 Å². The van der Waals surface area contributed by atoms with Crippen molar-refractivity contribution in [1.82, 2.24) is 4.98 Å². The molecule has 2 aromatic rings. The number of non-ortho nitro benzene ring substituents is 1. The summed E-state index contributed by atoms with van der Waals surface area (Å²) in [4.78, 5) is 14.7. The van der Waals surface area contributed by atoms with Crippen molar-refractivity contribution in [2.45, 2.75) is 6.92 Å². The van der Waals surface area contributed by atoms with Gasteiger partial charge in [0.25, 0.3) is 5.69 Å². The van der Waals surface area contributed by atoms with Crippen molar-refractivity contribution in [2.75, 3.05) is 11.9 Å². The highest BCUT2D eigenvalue weighted by molar-refractivity contribution is 6.29. The Kier molecular flexibility index (Phi) is 3.66. The zero-order chi connectivity index (χ0) is 14.0. The topological polar surface area (TPSA) is 68.1 Å². The van der Waals surface area contributed by atoms with Crippen molar-refractivity contribution in [3.8, 4) is 0 Å². The second-order valence-corrected chi connectivity index (χ2v) is 4.67. The third-order valence-corrected chi connectivity index (χ3v) is 2.82. The van der Waals surface area contributed by atoms with Gasteiger partial charge in [0.15, 0.2) is 0 Å². The highest BCUT2D eigenvalue weighted by Gasteiger charge is 2.14. The van der Waals surface area contributed by atoms with Crippen molar-refractivity contribution in [3.63, 3.8) is 0 Å². The van der Waals surface area contributed by atoms with E-state index in [-0.39, 0.29) is 5.69 Å². The van der Waals surface area contributed by atoms with Gasteiger partial charge in [-0.15, -0.1) is 0 Å². The van der Waals surface area contributed by atoms with Crippen molar-refractivity contribution in [2.24, 2.45) is 0 Å². The Balaban J connectivity index is 2.60. The molecular weight excluding hydrogens is 266 g/mol. The Morgan fingerprint density at radius 2 is 2.26 bits per heavy atom. The number of hydrogen-bond acceptors (Lipinski definition) is 4. The molecule has 0 saturated carbocycles. The molecule has 2 rings (SSSR count). The van der Waals surface area contributed by atoms with Crippen LogP contribution in [0.15, 0.2) is 36.0 Å². The predicted octanol–water partition coefficient (Wildman–Crippen LogP) is 3.62. The Hall–Kier alpha value is -2.14. The number of nitrogens with one attached hydrogen (secondary N) is 1. The maximum absolute atomic E-state index is 11.0. The normalized spacial score (nSPS) is 10.4. The van der Waals surface area contributed by atoms with Crippen LogP contribution in [-0.4, -0.2) is 16.5 Å². The predicted molar refractivity (Wildman–Crippen MR) is 76.6 cm³/mol. The quantitative estimate of drug-likeness (QED) is 0.685. The van der Waals surface area contributed by atoms with Gasteiger partial charge < -0.3 is 5.32 Å². The monoisotopic (exact) mass is 277 g/mol. The molecule has 0 aliphatic rings. The molecule has 98 valence electrons. The summed E-state index contributed by atoms with van der Waals surface area (Å²) in [6, 6.07) is 4.93. The number of benzene rings is 1. The van der Waals surface area contributed by atoms with Gasteiger partial charge in [0, 0.05) is 34.1 Å². The van der Waals surface area contributed by atoms with Crippen molar-refractivity contribution in [1.29, 1.82) is 0 Å². The highest BCUT2D eigenvalue weighted by Crippen LogP contribution is 2.31. The van der Waals surface area contributed by atoms with E-state index in [9.17, 15) is 10.1 Å². The van der Waals surface area contributed by atoms with Gasteiger partial charge in [-0.3, -0.25) is 15.1 Å². The molecule has 1 aromatic heterocycles. The maximum Gasteiger partial charge on any atom is 0.278 e. The second kappa shape index (κ2) is 5.24. The number of rotatable bonds is 4. The molecule has 0 unspecified atom stereocenters. The highest BCUT2D eigenvalue weighted by atomic mass is 35.5. The van der Waals surface area contributed by atoms with Gasteiger partial charge in [-0.05, 0) is 19.1 Å². The van der Waals surface area contributed by atoms with Gasteiger partial charge in [0.05, 0.1) is 16.9 Å². The number of hydrogen-bond donors (Lipinski definition) is 1. The average Bonchev–Trinajstić information content (AvgIpc) is 2.35. The lowest BCUT2D eigenvalue weighted by Crippen LogP contribution is -2.02. The van der Waals surface area contributed by atoms with Crippen LogP contribution in [0.2, 0.25) is 0 Å². The van der Waals surface area contributed by atoms with Crippen molar-refractivity contribution < 1.29 is 4.92 Å². The van der Waals surface area contributed by atoms with E-state index in [1.165, 1.54) is 12.3 Å². The summed E-state index contributed by atoms with van der Waals surface area (Å²) in [7, 11) is 0. The molecule has 0 saturated heterocycles. The first-order valence-electron chi connectivity index (χ1n) is 5.60. The molecule has 0 atom stereocenters. The SMILES string of the molecule is C=C(Cl)CNc1ccc([N+](=O)[O-])c2cnc(C)cc12. The van der Waals surface area contributed by atoms with Gasteiger partial charge in [0.1, 0.15) is 0 Å². The van der Waals surface area contributed by atoms with Crippen LogP contribution in [0, 0.1) is 17.0 Å². The lowest BCUT2D eigenvalue weighted by molar-refractivity contribution is -0.383. The Morgan fingerprint density at radius 3 is 2.89 bits per heavy atom. The van der Waals surface area contributed by atoms with E-state index in [2.05, 4.69) is 16.9 Å². The minimum Gasteiger partial charge on any atom is -0.380 e. The largest absolute Gasteiger partial charge is 0.380 e. The number of aromatic nitrogens is 1. The third kappa shape index (κ3) is 2.82. The first-order valence-corrected chi connectivity index (χ1v) is 5.97. The van der Waals surface area contributed by atoms with Crippen LogP contribution in [-0.2, 0) is 0 Å². The fourth-order valence-electron chi connectivity index (χ4n) is 1.83. The standard InChI is InChI=1S/C13H12ClN3O2/c1-8(14)6-16-12-3-4-13(17(18)19)11-7-15-9(2)5-10(11)12/h3-5,7,16H,1,6H2,2H3. The first-order chi connectivity index (χ1) is 8.99. The molecule has 0 bridgehead atoms. The summed E-state index contributed by atoms with van der Waals surface area (Å²) in [6.07, 6.45) is 1.52. The summed E-state index contributed by atoms with van der Waals surface area (Å²) in [5.41, 5.74) is 1.60. The summed E-state index contributed by atoms with van der Waals surface area (Å²) >= 11 is 5.71. The molecule has 6 heteroatoms. The van der Waals surface area contributed by atoms with Crippen molar-refractivity contribution in [3.05, 3.63) is 51.8 Å². The number of fused-ring (bicyclic) bond motifs is 1. The van der Waals surface area contributed by atoms with Crippen LogP contribution in [0.1, 0.15) is 5.69 Å². The van der Waals surface area contributed by atoms with Crippen LogP contribution >= 0.6 is 11.6 Å². The third-order valence-electron chi connectivity index (χ3n) is 2.68. The minimum atomic E-state index is -0.413. The molecule has 5 nitrogen and oxygen atoms in total. The van der Waals surface area contributed by atoms with E-state index in [0.717, 1.165) is 16.8 Å². The van der Waals surface area contributed by atoms with Gasteiger partial charge in [-0.25, -0.2) is 0 Å². The van der Waals surface area contributed by atoms with Crippen LogP contribution < -0.4 is 5.32 Å². The second-order valence-electron chi connectivity index (χ2n) is 4.13. The van der Waals surface area contributed by atoms with Gasteiger partial charge in [-0.2, -0.15) is 0 Å². The number of nitro groups is 1. The van der Waals surface area contributed by atoms with E-state index >= 15 is 0 Å². The summed E-state index contributed by atoms with van der Waals surface area (Å²) in [5.74, 6) is 0. The summed E-state index contributed by atoms with van der Waals surface area (Å²) < 4.78 is 0. The first kappa shape index (κ1) is 13.3. The van der Waals surface area contributed by atoms with Crippen LogP contribution in [0.4, 0.5) is 11.4 Å². The summed E-state index contributed by atoms with van der Waals surface area (Å²) in [5, 5.41) is 15.8. The Morgan fingerprint density at radius 1 is 1.53 bits per heavy atom. The summed E-state index contributed by atoms with van der Waals surface area (Å²) in [6.45, 7) is 5.83. The fourth-order valence-corrected chi connectivity index (χ4v) is 1.90. The van der Waals surface area contributed by atoms with E-state index in [1.54, 1.807) is 6.07 Å². The minimum absolute atomic E-state index is 0.0396. The smallest absolute Gasteiger partial charge is 0.278 e. The molecule has 0 spiro atoms. The van der Waals surface area contributed by atoms with E-state index in [4.69, 9.17) is 11.6 Å². The number of nitrogens with zero attached hydrogens (tertiary/aromatic N) is 2. The van der Waals surface area contributed by atoms with Crippen LogP contribution in [0.5, 0.6) is 0 Å². The zero-order valence-electron chi connectivity index (χ0n) is 10.3. The molecule has 0 fully saturated rings. The van der Waals surface area contributed by atoms with Gasteiger partial charge in [0.2, 0.25) is 0 Å². The number of anilines is 1. The molecule has 1 aromatic carbocycles. The maximum atomic E-state index is 11.0. The molecule has 0 amide bonds. The Labute approximate surface area is 115 Å². The zero-order valence-corrected chi connectivity index (χ0v) is 11.1. The van der Waals surface area contributed by atoms with Crippen molar-refractivity contribution >= 4 is 33.7 Å². The lowest BCUT2D eigenvalue weighted by Gasteiger charge is -2.09. The van der Waals surface area contributed by atoms with Crippen LogP contribution in [0.3, 0.4) is 0 Å². The van der Waals surface area contributed by atoms with Crippen LogP contribution in [0.25, 0.3) is 10.8 Å². The molecular formula is C13H12ClN3O2. The molecule has 1 N–H and O–H groups in total. The molecule has 0 aliphatic carbocycles. The molecule has 0 aliphatic heterocycles. The van der Waals surface area contributed by atoms with Gasteiger partial charge in [-0.1, -0.05) is 18.2 Å². The number of halogens is 1. The number of nitro benzene ring substituents is 1.